The molecule has 1 N–H and O–H groups in total. The molecule has 0 aliphatic rings. The Bertz CT molecular complexity index is 237. The molecule has 0 saturated carbocycles. The summed E-state index contributed by atoms with van der Waals surface area (Å²) in [5.41, 5.74) is 0. The van der Waals surface area contributed by atoms with E-state index < -0.39 is 10.0 Å². The van der Waals surface area contributed by atoms with Crippen LogP contribution in [0.4, 0.5) is 0 Å². The quantitative estimate of drug-likeness (QED) is 0.616. The van der Waals surface area contributed by atoms with E-state index >= 15 is 0 Å². The lowest BCUT2D eigenvalue weighted by Crippen LogP contribution is -2.27. The molecule has 0 spiro atoms. The molecule has 0 heterocycles. The number of sulfonamides is 1. The van der Waals surface area contributed by atoms with Crippen molar-refractivity contribution in [3.05, 3.63) is 0 Å². The predicted molar refractivity (Wildman–Crippen MR) is 62.4 cm³/mol. The smallest absolute Gasteiger partial charge is 0.211 e. The molecule has 0 atom stereocenters. The molecule has 0 saturated heterocycles. The molecule has 0 aromatic heterocycles. The van der Waals surface area contributed by atoms with Crippen LogP contribution in [0.1, 0.15) is 33.6 Å². The van der Waals surface area contributed by atoms with Gasteiger partial charge in [-0.2, -0.15) is 0 Å². The minimum Gasteiger partial charge on any atom is -0.381 e. The molecule has 4 nitrogen and oxygen atoms in total. The van der Waals surface area contributed by atoms with Gasteiger partial charge in [0.15, 0.2) is 0 Å². The van der Waals surface area contributed by atoms with E-state index in [0.717, 1.165) is 13.0 Å². The summed E-state index contributed by atoms with van der Waals surface area (Å²) in [4.78, 5) is 0. The Balaban J connectivity index is 3.38. The number of rotatable bonds is 9. The largest absolute Gasteiger partial charge is 0.381 e. The molecule has 5 heteroatoms. The molecular formula is C10H23NO3S. The van der Waals surface area contributed by atoms with Crippen LogP contribution in [-0.4, -0.2) is 33.9 Å². The molecule has 0 rings (SSSR count). The van der Waals surface area contributed by atoms with Gasteiger partial charge in [0.2, 0.25) is 10.0 Å². The first-order valence-electron chi connectivity index (χ1n) is 5.53. The van der Waals surface area contributed by atoms with Crippen molar-refractivity contribution in [2.45, 2.75) is 33.6 Å². The molecule has 0 aliphatic carbocycles. The van der Waals surface area contributed by atoms with Crippen molar-refractivity contribution in [3.63, 3.8) is 0 Å². The molecule has 15 heavy (non-hydrogen) atoms. The molecule has 0 radical (unpaired) electrons. The van der Waals surface area contributed by atoms with Crippen LogP contribution in [0.5, 0.6) is 0 Å². The van der Waals surface area contributed by atoms with Gasteiger partial charge in [0.05, 0.1) is 5.75 Å². The second-order valence-electron chi connectivity index (χ2n) is 4.04. The summed E-state index contributed by atoms with van der Waals surface area (Å²) in [5.74, 6) is 0.738. The zero-order valence-corrected chi connectivity index (χ0v) is 10.8. The van der Waals surface area contributed by atoms with Gasteiger partial charge in [-0.15, -0.1) is 0 Å². The van der Waals surface area contributed by atoms with Gasteiger partial charge in [-0.3, -0.25) is 0 Å². The molecule has 0 unspecified atom stereocenters. The van der Waals surface area contributed by atoms with E-state index in [1.807, 2.05) is 6.92 Å². The normalized spacial score (nSPS) is 12.3. The fourth-order valence-electron chi connectivity index (χ4n) is 1.06. The highest BCUT2D eigenvalue weighted by molar-refractivity contribution is 7.89. The summed E-state index contributed by atoms with van der Waals surface area (Å²) in [7, 11) is -3.04. The summed E-state index contributed by atoms with van der Waals surface area (Å²) in [6.07, 6.45) is 1.38. The Labute approximate surface area is 93.4 Å². The molecule has 0 amide bonds. The van der Waals surface area contributed by atoms with Crippen LogP contribution in [0, 0.1) is 5.92 Å². The summed E-state index contributed by atoms with van der Waals surface area (Å²) < 4.78 is 30.3. The highest BCUT2D eigenvalue weighted by Crippen LogP contribution is 1.94. The van der Waals surface area contributed by atoms with E-state index in [4.69, 9.17) is 4.74 Å². The average Bonchev–Trinajstić information content (AvgIpc) is 2.10. The van der Waals surface area contributed by atoms with Crippen molar-refractivity contribution in [3.8, 4) is 0 Å². The summed E-state index contributed by atoms with van der Waals surface area (Å²) in [5, 5.41) is 0. The van der Waals surface area contributed by atoms with Crippen LogP contribution in [0.2, 0.25) is 0 Å². The number of hydrogen-bond donors (Lipinski definition) is 1. The highest BCUT2D eigenvalue weighted by Gasteiger charge is 2.06. The Morgan fingerprint density at radius 1 is 1.33 bits per heavy atom. The van der Waals surface area contributed by atoms with Gasteiger partial charge in [0, 0.05) is 19.8 Å². The first-order chi connectivity index (χ1) is 6.98. The molecular weight excluding hydrogens is 214 g/mol. The summed E-state index contributed by atoms with van der Waals surface area (Å²) in [6, 6.07) is 0. The minimum atomic E-state index is -3.04. The van der Waals surface area contributed by atoms with E-state index in [1.54, 1.807) is 0 Å². The van der Waals surface area contributed by atoms with Gasteiger partial charge in [-0.25, -0.2) is 13.1 Å². The van der Waals surface area contributed by atoms with Crippen molar-refractivity contribution < 1.29 is 13.2 Å². The van der Waals surface area contributed by atoms with Crippen molar-refractivity contribution in [2.24, 2.45) is 5.92 Å². The Kier molecular flexibility index (Phi) is 8.00. The van der Waals surface area contributed by atoms with Crippen LogP contribution in [0.15, 0.2) is 0 Å². The van der Waals surface area contributed by atoms with E-state index in [2.05, 4.69) is 18.6 Å². The molecule has 0 aromatic rings. The lowest BCUT2D eigenvalue weighted by atomic mass is 10.2. The molecule has 0 aliphatic heterocycles. The van der Waals surface area contributed by atoms with E-state index in [-0.39, 0.29) is 5.75 Å². The van der Waals surface area contributed by atoms with E-state index in [0.29, 0.717) is 25.5 Å². The zero-order chi connectivity index (χ0) is 11.7. The van der Waals surface area contributed by atoms with Crippen molar-refractivity contribution in [1.82, 2.24) is 4.72 Å². The van der Waals surface area contributed by atoms with Crippen molar-refractivity contribution >= 4 is 10.0 Å². The fraction of sp³-hybridized carbons (Fsp3) is 1.00. The van der Waals surface area contributed by atoms with Gasteiger partial charge in [-0.1, -0.05) is 20.8 Å². The average molecular weight is 237 g/mol. The summed E-state index contributed by atoms with van der Waals surface area (Å²) >= 11 is 0. The topological polar surface area (TPSA) is 55.4 Å². The van der Waals surface area contributed by atoms with Crippen LogP contribution < -0.4 is 4.72 Å². The second-order valence-corrected chi connectivity index (χ2v) is 5.96. The van der Waals surface area contributed by atoms with Gasteiger partial charge < -0.3 is 4.74 Å². The minimum absolute atomic E-state index is 0.208. The number of hydrogen-bond acceptors (Lipinski definition) is 3. The lowest BCUT2D eigenvalue weighted by Gasteiger charge is -2.07. The van der Waals surface area contributed by atoms with Gasteiger partial charge in [0.1, 0.15) is 0 Å². The van der Waals surface area contributed by atoms with Crippen LogP contribution in [0.25, 0.3) is 0 Å². The zero-order valence-electron chi connectivity index (χ0n) is 9.95. The van der Waals surface area contributed by atoms with Crippen LogP contribution >= 0.6 is 0 Å². The Hall–Kier alpha value is -0.130. The van der Waals surface area contributed by atoms with Crippen molar-refractivity contribution in [1.29, 1.82) is 0 Å². The van der Waals surface area contributed by atoms with Crippen molar-refractivity contribution in [2.75, 3.05) is 25.5 Å². The monoisotopic (exact) mass is 237 g/mol. The number of nitrogens with one attached hydrogen (secondary N) is 1. The first-order valence-corrected chi connectivity index (χ1v) is 7.18. The SMILES string of the molecule is CCCS(=O)(=O)NCCCOCC(C)C. The molecule has 0 fully saturated rings. The molecule has 92 valence electrons. The fourth-order valence-corrected chi connectivity index (χ4v) is 2.20. The highest BCUT2D eigenvalue weighted by atomic mass is 32.2. The lowest BCUT2D eigenvalue weighted by molar-refractivity contribution is 0.108. The van der Waals surface area contributed by atoms with Gasteiger partial charge in [-0.05, 0) is 18.8 Å². The third-order valence-corrected chi connectivity index (χ3v) is 3.30. The third kappa shape index (κ3) is 10.2. The Morgan fingerprint density at radius 2 is 2.00 bits per heavy atom. The summed E-state index contributed by atoms with van der Waals surface area (Å²) in [6.45, 7) is 7.86. The van der Waals surface area contributed by atoms with Crippen LogP contribution in [0.3, 0.4) is 0 Å². The van der Waals surface area contributed by atoms with Gasteiger partial charge >= 0.3 is 0 Å². The van der Waals surface area contributed by atoms with Gasteiger partial charge in [0.25, 0.3) is 0 Å². The molecule has 0 aromatic carbocycles. The third-order valence-electron chi connectivity index (χ3n) is 1.71. The first kappa shape index (κ1) is 14.9. The number of ether oxygens (including phenoxy) is 1. The standard InChI is InChI=1S/C10H23NO3S/c1-4-8-15(12,13)11-6-5-7-14-9-10(2)3/h10-11H,4-9H2,1-3H3. The predicted octanol–water partition coefficient (Wildman–Crippen LogP) is 1.38. The van der Waals surface area contributed by atoms with Crippen LogP contribution in [-0.2, 0) is 14.8 Å². The van der Waals surface area contributed by atoms with E-state index in [9.17, 15) is 8.42 Å². The maximum absolute atomic E-state index is 11.2. The Morgan fingerprint density at radius 3 is 2.53 bits per heavy atom. The second kappa shape index (κ2) is 8.07. The maximum atomic E-state index is 11.2. The van der Waals surface area contributed by atoms with E-state index in [1.165, 1.54) is 0 Å². The molecule has 0 bridgehead atoms. The maximum Gasteiger partial charge on any atom is 0.211 e.